The van der Waals surface area contributed by atoms with E-state index in [4.69, 9.17) is 16.0 Å². The Hall–Kier alpha value is -2.20. The Bertz CT molecular complexity index is 788. The molecule has 3 aromatic rings. The maximum atomic E-state index is 11.1. The molecule has 1 heterocycles. The first-order valence-corrected chi connectivity index (χ1v) is 5.63. The molecule has 18 heavy (non-hydrogen) atoms. The van der Waals surface area contributed by atoms with Crippen molar-refractivity contribution in [2.75, 3.05) is 0 Å². The molecule has 0 fully saturated rings. The van der Waals surface area contributed by atoms with Crippen molar-refractivity contribution in [1.82, 2.24) is 4.98 Å². The Labute approximate surface area is 106 Å². The Morgan fingerprint density at radius 2 is 2.00 bits per heavy atom. The molecule has 2 N–H and O–H groups in total. The molecule has 0 aliphatic heterocycles. The molecule has 0 aliphatic carbocycles. The molecule has 0 spiro atoms. The van der Waals surface area contributed by atoms with Gasteiger partial charge in [-0.3, -0.25) is 4.98 Å². The number of phenols is 1. The van der Waals surface area contributed by atoms with Crippen LogP contribution in [-0.2, 0) is 0 Å². The fourth-order valence-electron chi connectivity index (χ4n) is 1.86. The summed E-state index contributed by atoms with van der Waals surface area (Å²) in [6.45, 7) is 0. The first-order valence-electron chi connectivity index (χ1n) is 5.25. The highest BCUT2D eigenvalue weighted by Gasteiger charge is 2.08. The quantitative estimate of drug-likeness (QED) is 0.707. The second-order valence-corrected chi connectivity index (χ2v) is 4.32. The van der Waals surface area contributed by atoms with Crippen molar-refractivity contribution in [3.8, 4) is 16.9 Å². The number of oxazole rings is 1. The van der Waals surface area contributed by atoms with Gasteiger partial charge in [0.15, 0.2) is 5.58 Å². The molecule has 0 amide bonds. The molecule has 0 saturated carbocycles. The molecule has 0 radical (unpaired) electrons. The lowest BCUT2D eigenvalue weighted by Gasteiger charge is -2.05. The van der Waals surface area contributed by atoms with Crippen LogP contribution in [0.3, 0.4) is 0 Å². The average molecular weight is 262 g/mol. The Balaban J connectivity index is 2.24. The average Bonchev–Trinajstić information content (AvgIpc) is 2.71. The number of hydrogen-bond acceptors (Lipinski definition) is 3. The van der Waals surface area contributed by atoms with Crippen molar-refractivity contribution in [1.29, 1.82) is 0 Å². The zero-order valence-electron chi connectivity index (χ0n) is 9.11. The molecule has 0 aliphatic rings. The van der Waals surface area contributed by atoms with Gasteiger partial charge in [-0.2, -0.15) is 0 Å². The van der Waals surface area contributed by atoms with Gasteiger partial charge in [-0.15, -0.1) is 0 Å². The van der Waals surface area contributed by atoms with Crippen LogP contribution in [0.15, 0.2) is 45.6 Å². The number of nitrogens with one attached hydrogen (secondary N) is 1. The molecule has 0 atom stereocenters. The van der Waals surface area contributed by atoms with Crippen LogP contribution in [0.2, 0.25) is 5.02 Å². The number of hydrogen-bond donors (Lipinski definition) is 2. The molecule has 3 rings (SSSR count). The molecular weight excluding hydrogens is 254 g/mol. The third kappa shape index (κ3) is 1.76. The van der Waals surface area contributed by atoms with Crippen LogP contribution in [0.25, 0.3) is 22.2 Å². The van der Waals surface area contributed by atoms with E-state index in [-0.39, 0.29) is 5.75 Å². The number of aromatic hydroxyl groups is 1. The summed E-state index contributed by atoms with van der Waals surface area (Å²) in [7, 11) is 0. The van der Waals surface area contributed by atoms with E-state index in [9.17, 15) is 9.90 Å². The van der Waals surface area contributed by atoms with E-state index in [1.165, 1.54) is 6.07 Å². The van der Waals surface area contributed by atoms with E-state index < -0.39 is 5.76 Å². The molecule has 0 bridgehead atoms. The summed E-state index contributed by atoms with van der Waals surface area (Å²) in [6, 6.07) is 9.95. The van der Waals surface area contributed by atoms with Crippen LogP contribution in [0.5, 0.6) is 5.75 Å². The number of fused-ring (bicyclic) bond motifs is 1. The fraction of sp³-hybridized carbons (Fsp3) is 0. The Morgan fingerprint density at radius 3 is 2.83 bits per heavy atom. The van der Waals surface area contributed by atoms with Crippen LogP contribution < -0.4 is 5.76 Å². The van der Waals surface area contributed by atoms with Crippen molar-refractivity contribution < 1.29 is 9.52 Å². The molecule has 0 unspecified atom stereocenters. The summed E-state index contributed by atoms with van der Waals surface area (Å²) in [5.41, 5.74) is 2.41. The third-order valence-electron chi connectivity index (χ3n) is 2.69. The summed E-state index contributed by atoms with van der Waals surface area (Å²) in [5.74, 6) is -0.373. The van der Waals surface area contributed by atoms with Crippen LogP contribution in [0.1, 0.15) is 0 Å². The SMILES string of the molecule is O=c1[nH]c2cc(-c3cc(Cl)ccc3O)ccc2o1. The van der Waals surface area contributed by atoms with Crippen molar-refractivity contribution >= 4 is 22.7 Å². The third-order valence-corrected chi connectivity index (χ3v) is 2.92. The van der Waals surface area contributed by atoms with Gasteiger partial charge in [-0.1, -0.05) is 17.7 Å². The molecular formula is C13H8ClNO3. The van der Waals surface area contributed by atoms with Crippen molar-refractivity contribution in [2.45, 2.75) is 0 Å². The highest BCUT2D eigenvalue weighted by molar-refractivity contribution is 6.31. The number of aromatic nitrogens is 1. The van der Waals surface area contributed by atoms with Gasteiger partial charge in [0.05, 0.1) is 5.52 Å². The summed E-state index contributed by atoms with van der Waals surface area (Å²) in [4.78, 5) is 13.6. The predicted molar refractivity (Wildman–Crippen MR) is 68.9 cm³/mol. The number of halogens is 1. The van der Waals surface area contributed by atoms with Gasteiger partial charge >= 0.3 is 5.76 Å². The monoisotopic (exact) mass is 261 g/mol. The van der Waals surface area contributed by atoms with Crippen molar-refractivity contribution in [2.24, 2.45) is 0 Å². The molecule has 5 heteroatoms. The van der Waals surface area contributed by atoms with Gasteiger partial charge in [0.1, 0.15) is 5.75 Å². The second kappa shape index (κ2) is 3.92. The second-order valence-electron chi connectivity index (χ2n) is 3.89. The Kier molecular flexibility index (Phi) is 2.38. The number of aromatic amines is 1. The topological polar surface area (TPSA) is 66.2 Å². The normalized spacial score (nSPS) is 10.9. The minimum absolute atomic E-state index is 0.129. The zero-order valence-corrected chi connectivity index (χ0v) is 9.86. The lowest BCUT2D eigenvalue weighted by molar-refractivity contribution is 0.477. The van der Waals surface area contributed by atoms with Crippen LogP contribution in [0.4, 0.5) is 0 Å². The molecule has 1 aromatic heterocycles. The van der Waals surface area contributed by atoms with Gasteiger partial charge in [0.25, 0.3) is 0 Å². The highest BCUT2D eigenvalue weighted by Crippen LogP contribution is 2.32. The van der Waals surface area contributed by atoms with Gasteiger partial charge in [-0.25, -0.2) is 4.79 Å². The van der Waals surface area contributed by atoms with Gasteiger partial charge in [0.2, 0.25) is 0 Å². The summed E-state index contributed by atoms with van der Waals surface area (Å²) in [6.07, 6.45) is 0. The van der Waals surface area contributed by atoms with Gasteiger partial charge in [0, 0.05) is 10.6 Å². The minimum atomic E-state index is -0.502. The van der Waals surface area contributed by atoms with E-state index in [0.717, 1.165) is 5.56 Å². The smallest absolute Gasteiger partial charge is 0.417 e. The van der Waals surface area contributed by atoms with Crippen LogP contribution >= 0.6 is 11.6 Å². The van der Waals surface area contributed by atoms with Gasteiger partial charge in [-0.05, 0) is 35.9 Å². The van der Waals surface area contributed by atoms with E-state index in [0.29, 0.717) is 21.7 Å². The van der Waals surface area contributed by atoms with E-state index in [2.05, 4.69) is 4.98 Å². The van der Waals surface area contributed by atoms with Crippen LogP contribution in [0, 0.1) is 0 Å². The molecule has 2 aromatic carbocycles. The summed E-state index contributed by atoms with van der Waals surface area (Å²) in [5, 5.41) is 10.3. The number of phenolic OH excluding ortho intramolecular Hbond substituents is 1. The molecule has 90 valence electrons. The zero-order chi connectivity index (χ0) is 12.7. The largest absolute Gasteiger partial charge is 0.507 e. The lowest BCUT2D eigenvalue weighted by atomic mass is 10.0. The summed E-state index contributed by atoms with van der Waals surface area (Å²) >= 11 is 5.90. The van der Waals surface area contributed by atoms with E-state index in [1.54, 1.807) is 30.3 Å². The fourth-order valence-corrected chi connectivity index (χ4v) is 2.03. The van der Waals surface area contributed by atoms with Crippen LogP contribution in [-0.4, -0.2) is 10.1 Å². The highest BCUT2D eigenvalue weighted by atomic mass is 35.5. The van der Waals surface area contributed by atoms with E-state index in [1.807, 2.05) is 0 Å². The maximum Gasteiger partial charge on any atom is 0.417 e. The lowest BCUT2D eigenvalue weighted by Crippen LogP contribution is -1.92. The number of benzene rings is 2. The first kappa shape index (κ1) is 10.9. The molecule has 4 nitrogen and oxygen atoms in total. The molecule has 0 saturated heterocycles. The Morgan fingerprint density at radius 1 is 1.17 bits per heavy atom. The number of H-pyrrole nitrogens is 1. The van der Waals surface area contributed by atoms with Gasteiger partial charge < -0.3 is 9.52 Å². The summed E-state index contributed by atoms with van der Waals surface area (Å²) < 4.78 is 4.91. The minimum Gasteiger partial charge on any atom is -0.507 e. The van der Waals surface area contributed by atoms with E-state index >= 15 is 0 Å². The standard InChI is InChI=1S/C13H8ClNO3/c14-8-2-3-11(16)9(6-8)7-1-4-12-10(5-7)15-13(17)18-12/h1-6,16H,(H,15,17). The van der Waals surface area contributed by atoms with Crippen molar-refractivity contribution in [3.63, 3.8) is 0 Å². The van der Waals surface area contributed by atoms with Crippen molar-refractivity contribution in [3.05, 3.63) is 52.0 Å². The number of rotatable bonds is 1. The maximum absolute atomic E-state index is 11.1. The first-order chi connectivity index (χ1) is 8.63. The predicted octanol–water partition coefficient (Wildman–Crippen LogP) is 3.15.